The van der Waals surface area contributed by atoms with Gasteiger partial charge in [0.2, 0.25) is 5.91 Å². The molecule has 6 nitrogen and oxygen atoms in total. The number of carbonyl (C=O) groups is 2. The number of carbonyl (C=O) groups excluding carboxylic acids is 2. The van der Waals surface area contributed by atoms with Crippen LogP contribution >= 0.6 is 34.8 Å². The Morgan fingerprint density at radius 1 is 0.923 bits per heavy atom. The molecule has 1 aliphatic rings. The van der Waals surface area contributed by atoms with Gasteiger partial charge in [-0.15, -0.1) is 0 Å². The molecule has 2 amide bonds. The van der Waals surface area contributed by atoms with Gasteiger partial charge in [0, 0.05) is 41.3 Å². The van der Waals surface area contributed by atoms with Gasteiger partial charge in [-0.05, 0) is 72.9 Å². The molecule has 0 radical (unpaired) electrons. The van der Waals surface area contributed by atoms with E-state index in [2.05, 4.69) is 11.1 Å². The maximum absolute atomic E-state index is 13.7. The second-order valence-electron chi connectivity index (χ2n) is 9.67. The van der Waals surface area contributed by atoms with Gasteiger partial charge in [0.1, 0.15) is 12.3 Å². The number of H-pyrrole nitrogens is 1. The number of ether oxygens (including phenoxy) is 1. The van der Waals surface area contributed by atoms with Crippen LogP contribution in [0.25, 0.3) is 10.9 Å². The third kappa shape index (κ3) is 7.07. The zero-order chi connectivity index (χ0) is 27.4. The Morgan fingerprint density at radius 2 is 1.69 bits per heavy atom. The lowest BCUT2D eigenvalue weighted by atomic mass is 10.1. The number of halogens is 3. The van der Waals surface area contributed by atoms with Crippen molar-refractivity contribution in [1.29, 1.82) is 0 Å². The van der Waals surface area contributed by atoms with Gasteiger partial charge in [-0.3, -0.25) is 9.59 Å². The number of para-hydroxylation sites is 1. The van der Waals surface area contributed by atoms with Crippen molar-refractivity contribution >= 4 is 57.5 Å². The zero-order valence-corrected chi connectivity index (χ0v) is 23.5. The fraction of sp³-hybridized carbons (Fsp3) is 0.267. The molecule has 3 aromatic carbocycles. The number of amides is 2. The van der Waals surface area contributed by atoms with Crippen molar-refractivity contribution in [1.82, 2.24) is 14.8 Å². The van der Waals surface area contributed by atoms with E-state index in [4.69, 9.17) is 39.5 Å². The standard InChI is InChI=1S/C30H28Cl3N3O3/c31-22-6-10-24(11-7-22)39-19-30(38)36(23-8-9-23)18-29(37)35(17-20-5-12-26(32)27(33)15-20)14-13-21-16-34-28-4-2-1-3-25(21)28/h1-7,10-12,15-16,23,34H,8-9,13-14,17-19H2. The van der Waals surface area contributed by atoms with Gasteiger partial charge in [0.05, 0.1) is 10.0 Å². The molecule has 1 saturated carbocycles. The molecule has 0 atom stereocenters. The number of aromatic nitrogens is 1. The molecule has 0 saturated heterocycles. The summed E-state index contributed by atoms with van der Waals surface area (Å²) in [5.41, 5.74) is 3.05. The minimum absolute atomic E-state index is 0.0112. The van der Waals surface area contributed by atoms with Gasteiger partial charge in [0.25, 0.3) is 5.91 Å². The summed E-state index contributed by atoms with van der Waals surface area (Å²) in [6.07, 6.45) is 4.40. The topological polar surface area (TPSA) is 65.6 Å². The van der Waals surface area contributed by atoms with Crippen molar-refractivity contribution in [3.63, 3.8) is 0 Å². The Bertz CT molecular complexity index is 1470. The number of benzene rings is 3. The smallest absolute Gasteiger partial charge is 0.261 e. The van der Waals surface area contributed by atoms with E-state index in [9.17, 15) is 9.59 Å². The van der Waals surface area contributed by atoms with E-state index >= 15 is 0 Å². The van der Waals surface area contributed by atoms with Crippen LogP contribution < -0.4 is 4.74 Å². The van der Waals surface area contributed by atoms with Crippen LogP contribution in [0.2, 0.25) is 15.1 Å². The van der Waals surface area contributed by atoms with Crippen LogP contribution in [0.4, 0.5) is 0 Å². The normalized spacial score (nSPS) is 12.9. The van der Waals surface area contributed by atoms with Crippen LogP contribution in [0, 0.1) is 0 Å². The lowest BCUT2D eigenvalue weighted by Gasteiger charge is -2.28. The van der Waals surface area contributed by atoms with Crippen molar-refractivity contribution in [2.24, 2.45) is 0 Å². The number of rotatable bonds is 11. The SMILES string of the molecule is O=C(CN(C(=O)COc1ccc(Cl)cc1)C1CC1)N(CCc1c[nH]c2ccccc12)Cc1ccc(Cl)c(Cl)c1. The molecule has 5 rings (SSSR count). The maximum Gasteiger partial charge on any atom is 0.261 e. The monoisotopic (exact) mass is 583 g/mol. The van der Waals surface area contributed by atoms with E-state index in [0.717, 1.165) is 34.9 Å². The molecule has 1 N–H and O–H groups in total. The third-order valence-electron chi connectivity index (χ3n) is 6.83. The lowest BCUT2D eigenvalue weighted by Crippen LogP contribution is -2.45. The van der Waals surface area contributed by atoms with Gasteiger partial charge in [-0.2, -0.15) is 0 Å². The Hall–Kier alpha value is -3.19. The van der Waals surface area contributed by atoms with Crippen molar-refractivity contribution in [2.75, 3.05) is 19.7 Å². The van der Waals surface area contributed by atoms with E-state index in [-0.39, 0.29) is 31.0 Å². The summed E-state index contributed by atoms with van der Waals surface area (Å²) in [5, 5.41) is 2.62. The van der Waals surface area contributed by atoms with Crippen molar-refractivity contribution < 1.29 is 14.3 Å². The molecule has 0 unspecified atom stereocenters. The quantitative estimate of drug-likeness (QED) is 0.212. The Labute approximate surface area is 242 Å². The predicted molar refractivity (Wildman–Crippen MR) is 156 cm³/mol. The van der Waals surface area contributed by atoms with Crippen LogP contribution in [0.1, 0.15) is 24.0 Å². The fourth-order valence-corrected chi connectivity index (χ4v) is 5.00. The summed E-state index contributed by atoms with van der Waals surface area (Å²) in [4.78, 5) is 33.5. The molecule has 1 aliphatic carbocycles. The van der Waals surface area contributed by atoms with Crippen molar-refractivity contribution in [2.45, 2.75) is 31.8 Å². The first-order valence-corrected chi connectivity index (χ1v) is 14.0. The van der Waals surface area contributed by atoms with Gasteiger partial charge < -0.3 is 19.5 Å². The summed E-state index contributed by atoms with van der Waals surface area (Å²) in [6, 6.07) is 20.4. The molecule has 4 aromatic rings. The minimum atomic E-state index is -0.216. The largest absolute Gasteiger partial charge is 0.484 e. The summed E-state index contributed by atoms with van der Waals surface area (Å²) in [7, 11) is 0. The third-order valence-corrected chi connectivity index (χ3v) is 7.82. The number of hydrogen-bond acceptors (Lipinski definition) is 3. The summed E-state index contributed by atoms with van der Waals surface area (Å²) < 4.78 is 5.68. The molecular weight excluding hydrogens is 557 g/mol. The maximum atomic E-state index is 13.7. The molecule has 39 heavy (non-hydrogen) atoms. The van der Waals surface area contributed by atoms with Crippen LogP contribution in [-0.4, -0.2) is 52.3 Å². The fourth-order valence-electron chi connectivity index (χ4n) is 4.56. The Kier molecular flexibility index (Phi) is 8.66. The molecule has 9 heteroatoms. The molecule has 1 aromatic heterocycles. The number of hydrogen-bond donors (Lipinski definition) is 1. The number of aromatic amines is 1. The molecular formula is C30H28Cl3N3O3. The molecule has 202 valence electrons. The molecule has 0 spiro atoms. The number of nitrogens with zero attached hydrogens (tertiary/aromatic N) is 2. The summed E-state index contributed by atoms with van der Waals surface area (Å²) >= 11 is 18.3. The van der Waals surface area contributed by atoms with E-state index in [1.807, 2.05) is 30.5 Å². The average molecular weight is 585 g/mol. The number of fused-ring (bicyclic) bond motifs is 1. The van der Waals surface area contributed by atoms with Crippen LogP contribution in [0.5, 0.6) is 5.75 Å². The first-order chi connectivity index (χ1) is 18.9. The minimum Gasteiger partial charge on any atom is -0.484 e. The Morgan fingerprint density at radius 3 is 2.44 bits per heavy atom. The van der Waals surface area contributed by atoms with Crippen LogP contribution in [0.3, 0.4) is 0 Å². The molecule has 1 fully saturated rings. The highest BCUT2D eigenvalue weighted by Crippen LogP contribution is 2.28. The van der Waals surface area contributed by atoms with Gasteiger partial charge in [-0.25, -0.2) is 0 Å². The molecule has 0 bridgehead atoms. The average Bonchev–Trinajstić information content (AvgIpc) is 3.70. The van der Waals surface area contributed by atoms with E-state index in [1.54, 1.807) is 46.2 Å². The van der Waals surface area contributed by atoms with Crippen molar-refractivity contribution in [3.8, 4) is 5.75 Å². The highest BCUT2D eigenvalue weighted by atomic mass is 35.5. The molecule has 0 aliphatic heterocycles. The van der Waals surface area contributed by atoms with E-state index in [1.165, 1.54) is 0 Å². The molecule has 1 heterocycles. The summed E-state index contributed by atoms with van der Waals surface area (Å²) in [5.74, 6) is 0.203. The van der Waals surface area contributed by atoms with E-state index < -0.39 is 0 Å². The van der Waals surface area contributed by atoms with Crippen molar-refractivity contribution in [3.05, 3.63) is 99.1 Å². The summed E-state index contributed by atoms with van der Waals surface area (Å²) in [6.45, 7) is 0.678. The highest BCUT2D eigenvalue weighted by molar-refractivity contribution is 6.42. The first kappa shape index (κ1) is 27.4. The van der Waals surface area contributed by atoms with Gasteiger partial charge >= 0.3 is 0 Å². The lowest BCUT2D eigenvalue weighted by molar-refractivity contribution is -0.142. The Balaban J connectivity index is 1.29. The first-order valence-electron chi connectivity index (χ1n) is 12.8. The zero-order valence-electron chi connectivity index (χ0n) is 21.2. The van der Waals surface area contributed by atoms with Gasteiger partial charge in [-0.1, -0.05) is 59.1 Å². The second-order valence-corrected chi connectivity index (χ2v) is 10.9. The highest BCUT2D eigenvalue weighted by Gasteiger charge is 2.35. The van der Waals surface area contributed by atoms with E-state index in [0.29, 0.717) is 40.3 Å². The number of nitrogens with one attached hydrogen (secondary N) is 1. The van der Waals surface area contributed by atoms with Crippen LogP contribution in [-0.2, 0) is 22.6 Å². The second kappa shape index (κ2) is 12.3. The van der Waals surface area contributed by atoms with Crippen LogP contribution in [0.15, 0.2) is 72.9 Å². The predicted octanol–water partition coefficient (Wildman–Crippen LogP) is 6.77. The van der Waals surface area contributed by atoms with Gasteiger partial charge in [0.15, 0.2) is 6.61 Å².